The molecule has 2 aliphatic heterocycles. The standard InChI is InChI=1S/C41H58N6O5/c1-29(2)27-34(39(51)46-25-21-41(22-26-46)19-10-5-11-20-41)45-37(49)33(28-30-13-6-3-7-14-30)44-38(50)35-17-12-24-47(35)40(52)32(18-23-42)43-36(48)31-15-8-4-9-16-31/h3-4,6-9,13-16,29,32-35H,5,10-12,17-28,42H2,1-2H3,(H,43,48)(H,44,50)(H,45,49). The summed E-state index contributed by atoms with van der Waals surface area (Å²) in [5, 5.41) is 8.83. The minimum absolute atomic E-state index is 0.0615. The van der Waals surface area contributed by atoms with E-state index in [1.54, 1.807) is 30.3 Å². The highest BCUT2D eigenvalue weighted by atomic mass is 16.2. The number of hydrogen-bond donors (Lipinski definition) is 4. The van der Waals surface area contributed by atoms with Gasteiger partial charge in [0, 0.05) is 31.6 Å². The van der Waals surface area contributed by atoms with Crippen LogP contribution in [0.2, 0.25) is 0 Å². The lowest BCUT2D eigenvalue weighted by Crippen LogP contribution is -2.59. The summed E-state index contributed by atoms with van der Waals surface area (Å²) in [6.07, 6.45) is 10.3. The van der Waals surface area contributed by atoms with Gasteiger partial charge in [0.25, 0.3) is 5.91 Å². The van der Waals surface area contributed by atoms with E-state index in [0.29, 0.717) is 49.9 Å². The van der Waals surface area contributed by atoms with Crippen LogP contribution in [0.3, 0.4) is 0 Å². The molecule has 1 spiro atoms. The van der Waals surface area contributed by atoms with Gasteiger partial charge in [0.15, 0.2) is 0 Å². The van der Waals surface area contributed by atoms with Gasteiger partial charge in [-0.05, 0) is 86.9 Å². The second kappa shape index (κ2) is 18.5. The maximum Gasteiger partial charge on any atom is 0.251 e. The Kier molecular flexibility index (Phi) is 13.9. The molecule has 0 aromatic heterocycles. The van der Waals surface area contributed by atoms with Crippen molar-refractivity contribution in [3.63, 3.8) is 0 Å². The molecule has 2 saturated heterocycles. The van der Waals surface area contributed by atoms with E-state index in [1.165, 1.54) is 37.0 Å². The fraction of sp³-hybridized carbons (Fsp3) is 0.585. The number of nitrogens with one attached hydrogen (secondary N) is 3. The summed E-state index contributed by atoms with van der Waals surface area (Å²) in [7, 11) is 0. The van der Waals surface area contributed by atoms with Gasteiger partial charge in [-0.2, -0.15) is 0 Å². The van der Waals surface area contributed by atoms with Crippen LogP contribution < -0.4 is 21.7 Å². The van der Waals surface area contributed by atoms with Crippen LogP contribution in [-0.4, -0.2) is 89.7 Å². The van der Waals surface area contributed by atoms with E-state index in [2.05, 4.69) is 16.0 Å². The number of nitrogens with two attached hydrogens (primary N) is 1. The third-order valence-electron chi connectivity index (χ3n) is 11.2. The van der Waals surface area contributed by atoms with Gasteiger partial charge in [0.1, 0.15) is 24.2 Å². The Labute approximate surface area is 308 Å². The molecule has 0 bridgehead atoms. The predicted octanol–water partition coefficient (Wildman–Crippen LogP) is 3.96. The fourth-order valence-corrected chi connectivity index (χ4v) is 8.27. The number of hydrogen-bond acceptors (Lipinski definition) is 6. The molecule has 2 aromatic rings. The molecule has 11 nitrogen and oxygen atoms in total. The zero-order valence-corrected chi connectivity index (χ0v) is 31.0. The smallest absolute Gasteiger partial charge is 0.251 e. The quantitative estimate of drug-likeness (QED) is 0.233. The second-order valence-corrected chi connectivity index (χ2v) is 15.5. The van der Waals surface area contributed by atoms with Crippen LogP contribution in [0, 0.1) is 11.3 Å². The Balaban J connectivity index is 1.28. The Hall–Kier alpha value is -4.25. The van der Waals surface area contributed by atoms with Crippen LogP contribution in [0.4, 0.5) is 0 Å². The van der Waals surface area contributed by atoms with Crippen molar-refractivity contribution in [2.24, 2.45) is 17.1 Å². The number of carbonyl (C=O) groups is 5. The molecule has 0 radical (unpaired) electrons. The van der Waals surface area contributed by atoms with Gasteiger partial charge < -0.3 is 31.5 Å². The normalized spacial score (nSPS) is 20.2. The lowest BCUT2D eigenvalue weighted by molar-refractivity contribution is -0.142. The highest BCUT2D eigenvalue weighted by molar-refractivity contribution is 5.99. The minimum atomic E-state index is -0.973. The van der Waals surface area contributed by atoms with Gasteiger partial charge in [-0.25, -0.2) is 0 Å². The molecule has 52 heavy (non-hydrogen) atoms. The molecule has 2 heterocycles. The first-order valence-corrected chi connectivity index (χ1v) is 19.4. The first-order chi connectivity index (χ1) is 25.1. The van der Waals surface area contributed by atoms with Crippen molar-refractivity contribution in [3.05, 3.63) is 71.8 Å². The molecule has 3 aliphatic rings. The van der Waals surface area contributed by atoms with Gasteiger partial charge in [-0.3, -0.25) is 24.0 Å². The summed E-state index contributed by atoms with van der Waals surface area (Å²) < 4.78 is 0. The van der Waals surface area contributed by atoms with Gasteiger partial charge >= 0.3 is 0 Å². The number of likely N-dealkylation sites (tertiary alicyclic amines) is 2. The fourth-order valence-electron chi connectivity index (χ4n) is 8.27. The number of nitrogens with zero attached hydrogens (tertiary/aromatic N) is 2. The molecule has 282 valence electrons. The minimum Gasteiger partial charge on any atom is -0.342 e. The average molecular weight is 715 g/mol. The first kappa shape index (κ1) is 39.0. The van der Waals surface area contributed by atoms with E-state index >= 15 is 0 Å². The number of carbonyl (C=O) groups excluding carboxylic acids is 5. The third-order valence-corrected chi connectivity index (χ3v) is 11.2. The SMILES string of the molecule is CC(C)CC(NC(=O)C(Cc1ccccc1)NC(=O)C1CCCN1C(=O)C(CCN)NC(=O)c1ccccc1)C(=O)N1CCC2(CCCCC2)CC1. The van der Waals surface area contributed by atoms with Crippen LogP contribution in [0.25, 0.3) is 0 Å². The molecule has 11 heteroatoms. The Morgan fingerprint density at radius 3 is 2.04 bits per heavy atom. The topological polar surface area (TPSA) is 154 Å². The van der Waals surface area contributed by atoms with Gasteiger partial charge in [-0.15, -0.1) is 0 Å². The molecule has 2 aromatic carbocycles. The monoisotopic (exact) mass is 714 g/mol. The summed E-state index contributed by atoms with van der Waals surface area (Å²) in [5.41, 5.74) is 7.47. The molecule has 1 saturated carbocycles. The van der Waals surface area contributed by atoms with E-state index < -0.39 is 41.9 Å². The molecule has 5 rings (SSSR count). The van der Waals surface area contributed by atoms with Crippen LogP contribution in [0.1, 0.15) is 100 Å². The summed E-state index contributed by atoms with van der Waals surface area (Å²) in [6.45, 7) is 6.00. The Bertz CT molecular complexity index is 1500. The van der Waals surface area contributed by atoms with Crippen molar-refractivity contribution in [1.29, 1.82) is 0 Å². The molecular formula is C41H58N6O5. The maximum absolute atomic E-state index is 14.1. The summed E-state index contributed by atoms with van der Waals surface area (Å²) in [4.78, 5) is 72.4. The number of benzene rings is 2. The molecule has 4 unspecified atom stereocenters. The van der Waals surface area contributed by atoms with Crippen LogP contribution >= 0.6 is 0 Å². The molecule has 5 amide bonds. The first-order valence-electron chi connectivity index (χ1n) is 19.4. The van der Waals surface area contributed by atoms with Crippen molar-refractivity contribution in [3.8, 4) is 0 Å². The van der Waals surface area contributed by atoms with E-state index in [0.717, 1.165) is 18.4 Å². The average Bonchev–Trinajstić information content (AvgIpc) is 3.65. The van der Waals surface area contributed by atoms with Gasteiger partial charge in [0.05, 0.1) is 0 Å². The van der Waals surface area contributed by atoms with Crippen LogP contribution in [0.15, 0.2) is 60.7 Å². The van der Waals surface area contributed by atoms with Crippen molar-refractivity contribution in [2.75, 3.05) is 26.2 Å². The van der Waals surface area contributed by atoms with E-state index in [9.17, 15) is 24.0 Å². The van der Waals surface area contributed by atoms with E-state index in [-0.39, 0.29) is 37.1 Å². The summed E-state index contributed by atoms with van der Waals surface area (Å²) in [6, 6.07) is 14.7. The number of piperidine rings is 1. The highest BCUT2D eigenvalue weighted by Gasteiger charge is 2.41. The lowest BCUT2D eigenvalue weighted by Gasteiger charge is -2.45. The van der Waals surface area contributed by atoms with Crippen molar-refractivity contribution in [1.82, 2.24) is 25.8 Å². The van der Waals surface area contributed by atoms with Crippen molar-refractivity contribution < 1.29 is 24.0 Å². The van der Waals surface area contributed by atoms with Crippen LogP contribution in [-0.2, 0) is 25.6 Å². The van der Waals surface area contributed by atoms with Gasteiger partial charge in [-0.1, -0.05) is 81.6 Å². The summed E-state index contributed by atoms with van der Waals surface area (Å²) in [5.74, 6) is -1.54. The second-order valence-electron chi connectivity index (χ2n) is 15.5. The molecule has 4 atom stereocenters. The van der Waals surface area contributed by atoms with Crippen molar-refractivity contribution >= 4 is 29.5 Å². The molecule has 5 N–H and O–H groups in total. The van der Waals surface area contributed by atoms with E-state index in [1.807, 2.05) is 49.1 Å². The zero-order valence-electron chi connectivity index (χ0n) is 31.0. The highest BCUT2D eigenvalue weighted by Crippen LogP contribution is 2.44. The lowest BCUT2D eigenvalue weighted by atomic mass is 9.68. The van der Waals surface area contributed by atoms with Gasteiger partial charge in [0.2, 0.25) is 23.6 Å². The Morgan fingerprint density at radius 2 is 1.40 bits per heavy atom. The molecular weight excluding hydrogens is 656 g/mol. The number of amides is 5. The van der Waals surface area contributed by atoms with Crippen molar-refractivity contribution in [2.45, 2.75) is 115 Å². The van der Waals surface area contributed by atoms with Crippen LogP contribution in [0.5, 0.6) is 0 Å². The Morgan fingerprint density at radius 1 is 0.750 bits per heavy atom. The third kappa shape index (κ3) is 10.2. The number of rotatable bonds is 14. The van der Waals surface area contributed by atoms with E-state index in [4.69, 9.17) is 5.73 Å². The molecule has 3 fully saturated rings. The predicted molar refractivity (Wildman–Crippen MR) is 201 cm³/mol. The largest absolute Gasteiger partial charge is 0.342 e. The molecule has 1 aliphatic carbocycles. The summed E-state index contributed by atoms with van der Waals surface area (Å²) >= 11 is 0. The maximum atomic E-state index is 14.1. The zero-order chi connectivity index (χ0) is 37.1.